The zero-order valence-electron chi connectivity index (χ0n) is 10.6. The van der Waals surface area contributed by atoms with Crippen LogP contribution in [0, 0.1) is 11.6 Å². The summed E-state index contributed by atoms with van der Waals surface area (Å²) in [7, 11) is 1.15. The Morgan fingerprint density at radius 1 is 1.28 bits per heavy atom. The van der Waals surface area contributed by atoms with Crippen LogP contribution in [-0.4, -0.2) is 19.6 Å². The first-order valence-electron chi connectivity index (χ1n) is 5.91. The topological polar surface area (TPSA) is 38.3 Å². The fourth-order valence-electron chi connectivity index (χ4n) is 1.55. The van der Waals surface area contributed by atoms with Crippen molar-refractivity contribution >= 4 is 11.7 Å². The van der Waals surface area contributed by atoms with Crippen LogP contribution in [0.5, 0.6) is 0 Å². The number of methoxy groups -OCH3 is 1. The number of unbranched alkanes of at least 4 members (excludes halogenated alkanes) is 2. The van der Waals surface area contributed by atoms with Crippen molar-refractivity contribution in [2.45, 2.75) is 26.2 Å². The van der Waals surface area contributed by atoms with Gasteiger partial charge in [0.15, 0.2) is 0 Å². The molecule has 1 aromatic rings. The molecule has 1 N–H and O–H groups in total. The number of hydrogen-bond acceptors (Lipinski definition) is 3. The Kier molecular flexibility index (Phi) is 5.55. The summed E-state index contributed by atoms with van der Waals surface area (Å²) in [6.07, 6.45) is 2.97. The molecule has 0 aliphatic carbocycles. The van der Waals surface area contributed by atoms with Crippen LogP contribution >= 0.6 is 0 Å². The summed E-state index contributed by atoms with van der Waals surface area (Å²) in [4.78, 5) is 11.3. The lowest BCUT2D eigenvalue weighted by Crippen LogP contribution is -2.09. The van der Waals surface area contributed by atoms with E-state index in [1.807, 2.05) is 0 Å². The first-order chi connectivity index (χ1) is 8.60. The second kappa shape index (κ2) is 6.93. The van der Waals surface area contributed by atoms with Gasteiger partial charge >= 0.3 is 5.97 Å². The summed E-state index contributed by atoms with van der Waals surface area (Å²) < 4.78 is 31.2. The molecule has 0 heterocycles. The van der Waals surface area contributed by atoms with E-state index in [-0.39, 0.29) is 11.3 Å². The van der Waals surface area contributed by atoms with Crippen LogP contribution in [0.2, 0.25) is 0 Å². The number of carbonyl (C=O) groups is 1. The lowest BCUT2D eigenvalue weighted by molar-refractivity contribution is 0.0595. The van der Waals surface area contributed by atoms with Gasteiger partial charge in [0, 0.05) is 12.6 Å². The van der Waals surface area contributed by atoms with Crippen molar-refractivity contribution < 1.29 is 18.3 Å². The van der Waals surface area contributed by atoms with Gasteiger partial charge in [0.05, 0.1) is 18.4 Å². The molecule has 0 aliphatic rings. The lowest BCUT2D eigenvalue weighted by Gasteiger charge is -2.09. The average Bonchev–Trinajstić information content (AvgIpc) is 2.36. The third-order valence-corrected chi connectivity index (χ3v) is 2.56. The molecule has 0 fully saturated rings. The summed E-state index contributed by atoms with van der Waals surface area (Å²) in [5.74, 6) is -2.45. The van der Waals surface area contributed by atoms with E-state index < -0.39 is 17.6 Å². The highest BCUT2D eigenvalue weighted by molar-refractivity contribution is 5.90. The molecule has 0 spiro atoms. The molecule has 100 valence electrons. The molecule has 0 atom stereocenters. The van der Waals surface area contributed by atoms with Crippen molar-refractivity contribution in [2.75, 3.05) is 19.0 Å². The largest absolute Gasteiger partial charge is 0.465 e. The molecule has 5 heteroatoms. The number of halogens is 2. The molecule has 0 saturated heterocycles. The SMILES string of the molecule is CCCCCNc1cc(C(=O)OC)c(F)cc1F. The van der Waals surface area contributed by atoms with Crippen LogP contribution in [-0.2, 0) is 4.74 Å². The number of nitrogens with one attached hydrogen (secondary N) is 1. The van der Waals surface area contributed by atoms with E-state index in [1.54, 1.807) is 0 Å². The molecule has 1 rings (SSSR count). The van der Waals surface area contributed by atoms with Gasteiger partial charge in [0.1, 0.15) is 11.6 Å². The smallest absolute Gasteiger partial charge is 0.340 e. The Morgan fingerprint density at radius 2 is 2.00 bits per heavy atom. The van der Waals surface area contributed by atoms with Crippen molar-refractivity contribution in [3.05, 3.63) is 29.3 Å². The van der Waals surface area contributed by atoms with Crippen LogP contribution in [0.1, 0.15) is 36.5 Å². The van der Waals surface area contributed by atoms with E-state index in [1.165, 1.54) is 0 Å². The van der Waals surface area contributed by atoms with Crippen molar-refractivity contribution in [1.29, 1.82) is 0 Å². The van der Waals surface area contributed by atoms with Gasteiger partial charge < -0.3 is 10.1 Å². The maximum atomic E-state index is 13.5. The fraction of sp³-hybridized carbons (Fsp3) is 0.462. The fourth-order valence-corrected chi connectivity index (χ4v) is 1.55. The molecular formula is C13H17F2NO2. The van der Waals surface area contributed by atoms with E-state index in [4.69, 9.17) is 0 Å². The van der Waals surface area contributed by atoms with Crippen molar-refractivity contribution in [1.82, 2.24) is 0 Å². The number of benzene rings is 1. The van der Waals surface area contributed by atoms with E-state index in [9.17, 15) is 13.6 Å². The van der Waals surface area contributed by atoms with E-state index in [2.05, 4.69) is 17.0 Å². The minimum Gasteiger partial charge on any atom is -0.465 e. The zero-order valence-corrected chi connectivity index (χ0v) is 10.6. The van der Waals surface area contributed by atoms with Gasteiger partial charge in [0.2, 0.25) is 0 Å². The number of carbonyl (C=O) groups excluding carboxylic acids is 1. The molecule has 0 unspecified atom stereocenters. The second-order valence-corrected chi connectivity index (χ2v) is 3.94. The quantitative estimate of drug-likeness (QED) is 0.627. The highest BCUT2D eigenvalue weighted by Crippen LogP contribution is 2.20. The van der Waals surface area contributed by atoms with Gasteiger partial charge in [-0.2, -0.15) is 0 Å². The number of esters is 1. The van der Waals surface area contributed by atoms with Gasteiger partial charge in [-0.25, -0.2) is 13.6 Å². The summed E-state index contributed by atoms with van der Waals surface area (Å²) in [6, 6.07) is 1.83. The summed E-state index contributed by atoms with van der Waals surface area (Å²) >= 11 is 0. The first kappa shape index (κ1) is 14.4. The monoisotopic (exact) mass is 257 g/mol. The standard InChI is InChI=1S/C13H17F2NO2/c1-3-4-5-6-16-12-7-9(13(17)18-2)10(14)8-11(12)15/h7-8,16H,3-6H2,1-2H3. The number of rotatable bonds is 6. The molecule has 1 aromatic carbocycles. The summed E-state index contributed by atoms with van der Waals surface area (Å²) in [5.41, 5.74) is -0.148. The molecule has 0 saturated carbocycles. The summed E-state index contributed by atoms with van der Waals surface area (Å²) in [5, 5.41) is 2.84. The van der Waals surface area contributed by atoms with Crippen LogP contribution in [0.15, 0.2) is 12.1 Å². The normalized spacial score (nSPS) is 10.2. The Bertz CT molecular complexity index is 422. The highest BCUT2D eigenvalue weighted by atomic mass is 19.1. The third-order valence-electron chi connectivity index (χ3n) is 2.56. The van der Waals surface area contributed by atoms with E-state index in [0.29, 0.717) is 12.6 Å². The molecular weight excluding hydrogens is 240 g/mol. The Morgan fingerprint density at radius 3 is 2.61 bits per heavy atom. The Balaban J connectivity index is 2.81. The molecule has 0 radical (unpaired) electrons. The second-order valence-electron chi connectivity index (χ2n) is 3.94. The number of anilines is 1. The maximum Gasteiger partial charge on any atom is 0.340 e. The molecule has 0 aliphatic heterocycles. The number of hydrogen-bond donors (Lipinski definition) is 1. The van der Waals surface area contributed by atoms with Gasteiger partial charge in [-0.15, -0.1) is 0 Å². The minimum absolute atomic E-state index is 0.118. The molecule has 18 heavy (non-hydrogen) atoms. The Labute approximate surface area is 105 Å². The first-order valence-corrected chi connectivity index (χ1v) is 5.91. The highest BCUT2D eigenvalue weighted by Gasteiger charge is 2.16. The summed E-state index contributed by atoms with van der Waals surface area (Å²) in [6.45, 7) is 2.64. The lowest BCUT2D eigenvalue weighted by atomic mass is 10.1. The zero-order chi connectivity index (χ0) is 13.5. The van der Waals surface area contributed by atoms with Gasteiger partial charge in [-0.3, -0.25) is 0 Å². The average molecular weight is 257 g/mol. The van der Waals surface area contributed by atoms with Gasteiger partial charge in [-0.05, 0) is 12.5 Å². The maximum absolute atomic E-state index is 13.5. The Hall–Kier alpha value is -1.65. The molecule has 3 nitrogen and oxygen atoms in total. The van der Waals surface area contributed by atoms with Crippen LogP contribution in [0.3, 0.4) is 0 Å². The van der Waals surface area contributed by atoms with Crippen molar-refractivity contribution in [3.63, 3.8) is 0 Å². The van der Waals surface area contributed by atoms with E-state index in [0.717, 1.165) is 32.4 Å². The third kappa shape index (κ3) is 3.68. The van der Waals surface area contributed by atoms with E-state index >= 15 is 0 Å². The van der Waals surface area contributed by atoms with Crippen LogP contribution < -0.4 is 5.32 Å². The molecule has 0 bridgehead atoms. The minimum atomic E-state index is -0.918. The molecule has 0 aromatic heterocycles. The predicted molar refractivity (Wildman–Crippen MR) is 65.7 cm³/mol. The molecule has 0 amide bonds. The van der Waals surface area contributed by atoms with Crippen molar-refractivity contribution in [2.24, 2.45) is 0 Å². The van der Waals surface area contributed by atoms with Crippen LogP contribution in [0.4, 0.5) is 14.5 Å². The van der Waals surface area contributed by atoms with Gasteiger partial charge in [-0.1, -0.05) is 19.8 Å². The van der Waals surface area contributed by atoms with Gasteiger partial charge in [0.25, 0.3) is 0 Å². The van der Waals surface area contributed by atoms with Crippen LogP contribution in [0.25, 0.3) is 0 Å². The predicted octanol–water partition coefficient (Wildman–Crippen LogP) is 3.35. The number of ether oxygens (including phenoxy) is 1. The van der Waals surface area contributed by atoms with Crippen molar-refractivity contribution in [3.8, 4) is 0 Å².